The van der Waals surface area contributed by atoms with Gasteiger partial charge in [0, 0.05) is 12.2 Å². The molecular weight excluding hydrogens is 266 g/mol. The highest BCUT2D eigenvalue weighted by atomic mass is 35.5. The summed E-state index contributed by atoms with van der Waals surface area (Å²) >= 11 is 7.85. The van der Waals surface area contributed by atoms with E-state index in [-0.39, 0.29) is 0 Å². The topological polar surface area (TPSA) is 30.7 Å². The summed E-state index contributed by atoms with van der Waals surface area (Å²) in [6.07, 6.45) is 2.13. The second-order valence-electron chi connectivity index (χ2n) is 4.63. The number of hydrogen-bond acceptors (Lipinski definition) is 3. The van der Waals surface area contributed by atoms with Gasteiger partial charge in [0.1, 0.15) is 11.3 Å². The molecule has 2 aromatic heterocycles. The Kier molecular flexibility index (Phi) is 4.51. The van der Waals surface area contributed by atoms with Crippen molar-refractivity contribution in [3.8, 4) is 0 Å². The summed E-state index contributed by atoms with van der Waals surface area (Å²) in [5.41, 5.74) is 2.91. The summed E-state index contributed by atoms with van der Waals surface area (Å²) in [4.78, 5) is 9.14. The van der Waals surface area contributed by atoms with E-state index in [4.69, 9.17) is 11.6 Å². The molecule has 2 rings (SSSR count). The van der Waals surface area contributed by atoms with Crippen LogP contribution in [0.2, 0.25) is 0 Å². The molecule has 5 heteroatoms. The third kappa shape index (κ3) is 2.81. The lowest BCUT2D eigenvalue weighted by Gasteiger charge is -2.13. The first-order chi connectivity index (χ1) is 8.65. The Balaban J connectivity index is 2.42. The van der Waals surface area contributed by atoms with Gasteiger partial charge in [-0.25, -0.2) is 9.97 Å². The van der Waals surface area contributed by atoms with Crippen molar-refractivity contribution in [1.82, 2.24) is 14.5 Å². The maximum atomic E-state index is 5.99. The van der Waals surface area contributed by atoms with Crippen LogP contribution >= 0.6 is 23.4 Å². The summed E-state index contributed by atoms with van der Waals surface area (Å²) in [6, 6.07) is 4.01. The summed E-state index contributed by atoms with van der Waals surface area (Å²) in [7, 11) is 0. The zero-order valence-electron chi connectivity index (χ0n) is 11.0. The van der Waals surface area contributed by atoms with Gasteiger partial charge in [-0.3, -0.25) is 0 Å². The lowest BCUT2D eigenvalue weighted by molar-refractivity contribution is 0.527. The number of nitrogens with zero attached hydrogens (tertiary/aromatic N) is 3. The van der Waals surface area contributed by atoms with E-state index in [0.29, 0.717) is 11.8 Å². The molecule has 0 bridgehead atoms. The van der Waals surface area contributed by atoms with E-state index < -0.39 is 0 Å². The Morgan fingerprint density at radius 3 is 2.83 bits per heavy atom. The van der Waals surface area contributed by atoms with Crippen LogP contribution in [0, 0.1) is 12.8 Å². The van der Waals surface area contributed by atoms with Crippen LogP contribution in [0.4, 0.5) is 0 Å². The second-order valence-corrected chi connectivity index (χ2v) is 5.81. The minimum absolute atomic E-state index is 0.432. The fourth-order valence-corrected chi connectivity index (χ4v) is 2.96. The standard InChI is InChI=1S/C13H18ClN3S/c1-9(8-18-3)7-17-12(6-14)16-11-5-4-10(2)15-13(11)17/h4-5,9H,6-8H2,1-3H3. The van der Waals surface area contributed by atoms with E-state index in [1.165, 1.54) is 0 Å². The summed E-state index contributed by atoms with van der Waals surface area (Å²) in [6.45, 7) is 5.18. The zero-order valence-corrected chi connectivity index (χ0v) is 12.6. The molecule has 0 radical (unpaired) electrons. The number of thioether (sulfide) groups is 1. The molecule has 2 heterocycles. The molecule has 0 aliphatic rings. The minimum atomic E-state index is 0.432. The van der Waals surface area contributed by atoms with Crippen molar-refractivity contribution in [2.24, 2.45) is 5.92 Å². The van der Waals surface area contributed by atoms with E-state index in [9.17, 15) is 0 Å². The van der Waals surface area contributed by atoms with Gasteiger partial charge in [-0.15, -0.1) is 11.6 Å². The third-order valence-corrected chi connectivity index (χ3v) is 4.02. The molecule has 0 aliphatic heterocycles. The van der Waals surface area contributed by atoms with Crippen LogP contribution < -0.4 is 0 Å². The molecular formula is C13H18ClN3S. The predicted molar refractivity (Wildman–Crippen MR) is 79.4 cm³/mol. The van der Waals surface area contributed by atoms with Crippen LogP contribution in [0.15, 0.2) is 12.1 Å². The number of pyridine rings is 1. The van der Waals surface area contributed by atoms with Gasteiger partial charge in [0.05, 0.1) is 5.88 Å². The van der Waals surface area contributed by atoms with Gasteiger partial charge in [-0.05, 0) is 37.0 Å². The Morgan fingerprint density at radius 1 is 1.39 bits per heavy atom. The molecule has 1 unspecified atom stereocenters. The normalized spacial score (nSPS) is 13.1. The van der Waals surface area contributed by atoms with Crippen molar-refractivity contribution >= 4 is 34.5 Å². The average molecular weight is 284 g/mol. The number of hydrogen-bond donors (Lipinski definition) is 0. The quantitative estimate of drug-likeness (QED) is 0.787. The zero-order chi connectivity index (χ0) is 13.1. The molecule has 0 aliphatic carbocycles. The summed E-state index contributed by atoms with van der Waals surface area (Å²) in [5.74, 6) is 3.06. The van der Waals surface area contributed by atoms with Crippen molar-refractivity contribution in [2.45, 2.75) is 26.3 Å². The molecule has 0 amide bonds. The van der Waals surface area contributed by atoms with Crippen molar-refractivity contribution in [3.63, 3.8) is 0 Å². The molecule has 2 aromatic rings. The first kappa shape index (κ1) is 13.7. The van der Waals surface area contributed by atoms with Crippen molar-refractivity contribution in [3.05, 3.63) is 23.7 Å². The number of fused-ring (bicyclic) bond motifs is 1. The van der Waals surface area contributed by atoms with Gasteiger partial charge in [-0.2, -0.15) is 11.8 Å². The van der Waals surface area contributed by atoms with Gasteiger partial charge in [0.15, 0.2) is 5.65 Å². The van der Waals surface area contributed by atoms with E-state index in [0.717, 1.165) is 35.0 Å². The van der Waals surface area contributed by atoms with Crippen LogP contribution in [0.3, 0.4) is 0 Å². The van der Waals surface area contributed by atoms with E-state index in [1.807, 2.05) is 30.8 Å². The van der Waals surface area contributed by atoms with Crippen molar-refractivity contribution in [1.29, 1.82) is 0 Å². The van der Waals surface area contributed by atoms with E-state index in [1.54, 1.807) is 0 Å². The number of aryl methyl sites for hydroxylation is 1. The highest BCUT2D eigenvalue weighted by molar-refractivity contribution is 7.98. The lowest BCUT2D eigenvalue weighted by Crippen LogP contribution is -2.12. The SMILES string of the molecule is CSCC(C)Cn1c(CCl)nc2ccc(C)nc21. The van der Waals surface area contributed by atoms with Gasteiger partial charge in [0.25, 0.3) is 0 Å². The van der Waals surface area contributed by atoms with Crippen LogP contribution in [-0.4, -0.2) is 26.5 Å². The molecule has 98 valence electrons. The Labute approximate surface area is 117 Å². The van der Waals surface area contributed by atoms with Gasteiger partial charge in [-0.1, -0.05) is 6.92 Å². The number of imidazole rings is 1. The Bertz CT molecular complexity index is 538. The van der Waals surface area contributed by atoms with Gasteiger partial charge >= 0.3 is 0 Å². The van der Waals surface area contributed by atoms with Crippen molar-refractivity contribution < 1.29 is 0 Å². The fraction of sp³-hybridized carbons (Fsp3) is 0.538. The molecule has 0 aromatic carbocycles. The molecule has 3 nitrogen and oxygen atoms in total. The largest absolute Gasteiger partial charge is 0.311 e. The maximum absolute atomic E-state index is 5.99. The molecule has 18 heavy (non-hydrogen) atoms. The highest BCUT2D eigenvalue weighted by Gasteiger charge is 2.13. The number of aromatic nitrogens is 3. The third-order valence-electron chi connectivity index (χ3n) is 2.88. The molecule has 0 saturated heterocycles. The van der Waals surface area contributed by atoms with E-state index >= 15 is 0 Å². The van der Waals surface area contributed by atoms with Crippen molar-refractivity contribution in [2.75, 3.05) is 12.0 Å². The van der Waals surface area contributed by atoms with E-state index in [2.05, 4.69) is 27.7 Å². The number of halogens is 1. The Morgan fingerprint density at radius 2 is 2.17 bits per heavy atom. The fourth-order valence-electron chi connectivity index (χ4n) is 2.09. The minimum Gasteiger partial charge on any atom is -0.311 e. The molecule has 0 spiro atoms. The summed E-state index contributed by atoms with van der Waals surface area (Å²) in [5, 5.41) is 0. The lowest BCUT2D eigenvalue weighted by atomic mass is 10.2. The first-order valence-electron chi connectivity index (χ1n) is 6.03. The number of rotatable bonds is 5. The van der Waals surface area contributed by atoms with Gasteiger partial charge in [0.2, 0.25) is 0 Å². The van der Waals surface area contributed by atoms with Gasteiger partial charge < -0.3 is 4.57 Å². The van der Waals surface area contributed by atoms with Crippen LogP contribution in [-0.2, 0) is 12.4 Å². The molecule has 0 N–H and O–H groups in total. The van der Waals surface area contributed by atoms with Crippen LogP contribution in [0.25, 0.3) is 11.2 Å². The predicted octanol–water partition coefficient (Wildman–Crippen LogP) is 3.48. The average Bonchev–Trinajstić information content (AvgIpc) is 2.67. The summed E-state index contributed by atoms with van der Waals surface area (Å²) < 4.78 is 2.16. The monoisotopic (exact) mass is 283 g/mol. The van der Waals surface area contributed by atoms with Crippen LogP contribution in [0.1, 0.15) is 18.4 Å². The smallest absolute Gasteiger partial charge is 0.160 e. The first-order valence-corrected chi connectivity index (χ1v) is 7.96. The maximum Gasteiger partial charge on any atom is 0.160 e. The van der Waals surface area contributed by atoms with Crippen LogP contribution in [0.5, 0.6) is 0 Å². The number of alkyl halides is 1. The highest BCUT2D eigenvalue weighted by Crippen LogP contribution is 2.19. The molecule has 1 atom stereocenters. The molecule has 0 fully saturated rings. The second kappa shape index (κ2) is 5.93. The Hall–Kier alpha value is -0.740. The molecule has 0 saturated carbocycles.